The van der Waals surface area contributed by atoms with Gasteiger partial charge in [0.25, 0.3) is 0 Å². The molecule has 5 heteroatoms. The molecular weight excluding hydrogens is 218 g/mol. The van der Waals surface area contributed by atoms with Gasteiger partial charge in [-0.05, 0) is 18.3 Å². The van der Waals surface area contributed by atoms with Crippen molar-refractivity contribution in [3.05, 3.63) is 0 Å². The van der Waals surface area contributed by atoms with E-state index < -0.39 is 11.9 Å². The maximum Gasteiger partial charge on any atom is 0.234 e. The zero-order valence-corrected chi connectivity index (χ0v) is 11.2. The van der Waals surface area contributed by atoms with Crippen molar-refractivity contribution >= 4 is 11.8 Å². The van der Waals surface area contributed by atoms with E-state index in [-0.39, 0.29) is 18.4 Å². The van der Waals surface area contributed by atoms with E-state index in [9.17, 15) is 9.59 Å². The number of carbonyl (C=O) groups excluding carboxylic acids is 2. The summed E-state index contributed by atoms with van der Waals surface area (Å²) in [5.41, 5.74) is 5.23. The molecule has 0 aromatic rings. The molecule has 0 bridgehead atoms. The molecule has 17 heavy (non-hydrogen) atoms. The summed E-state index contributed by atoms with van der Waals surface area (Å²) < 4.78 is 0. The lowest BCUT2D eigenvalue weighted by Crippen LogP contribution is -2.48. The lowest BCUT2D eigenvalue weighted by atomic mass is 10.0. The normalized spacial score (nSPS) is 12.8. The first-order valence-corrected chi connectivity index (χ1v) is 6.14. The van der Waals surface area contributed by atoms with Gasteiger partial charge in [0.1, 0.15) is 0 Å². The van der Waals surface area contributed by atoms with Crippen molar-refractivity contribution in [1.82, 2.24) is 10.6 Å². The third kappa shape index (κ3) is 7.74. The maximum absolute atomic E-state index is 11.4. The van der Waals surface area contributed by atoms with E-state index in [1.165, 1.54) is 0 Å². The Morgan fingerprint density at radius 3 is 2.18 bits per heavy atom. The molecule has 4 N–H and O–H groups in total. The van der Waals surface area contributed by atoms with Gasteiger partial charge in [0.2, 0.25) is 11.8 Å². The standard InChI is InChI=1S/C12H25N3O2/c1-8(2)5-6-14-10(16)7-15-11(9(3)4)12(13)17/h8-9,11,15H,5-7H2,1-4H3,(H2,13,17)(H,14,16). The molecule has 0 saturated heterocycles. The van der Waals surface area contributed by atoms with Crippen LogP contribution < -0.4 is 16.4 Å². The van der Waals surface area contributed by atoms with E-state index in [1.807, 2.05) is 13.8 Å². The number of carbonyl (C=O) groups is 2. The molecule has 0 aromatic carbocycles. The van der Waals surface area contributed by atoms with E-state index >= 15 is 0 Å². The highest BCUT2D eigenvalue weighted by Gasteiger charge is 2.19. The first-order valence-electron chi connectivity index (χ1n) is 6.14. The van der Waals surface area contributed by atoms with Crippen LogP contribution in [0.4, 0.5) is 0 Å². The Morgan fingerprint density at radius 2 is 1.76 bits per heavy atom. The van der Waals surface area contributed by atoms with Crippen LogP contribution in [0.15, 0.2) is 0 Å². The van der Waals surface area contributed by atoms with Gasteiger partial charge in [-0.2, -0.15) is 0 Å². The molecule has 0 aliphatic rings. The summed E-state index contributed by atoms with van der Waals surface area (Å²) >= 11 is 0. The molecule has 0 aliphatic carbocycles. The number of amides is 2. The highest BCUT2D eigenvalue weighted by Crippen LogP contribution is 2.00. The second-order valence-electron chi connectivity index (χ2n) is 5.04. The zero-order valence-electron chi connectivity index (χ0n) is 11.2. The lowest BCUT2D eigenvalue weighted by molar-refractivity contribution is -0.122. The smallest absolute Gasteiger partial charge is 0.234 e. The molecule has 1 atom stereocenters. The Hall–Kier alpha value is -1.10. The van der Waals surface area contributed by atoms with E-state index in [4.69, 9.17) is 5.73 Å². The number of nitrogens with one attached hydrogen (secondary N) is 2. The fourth-order valence-electron chi connectivity index (χ4n) is 1.43. The van der Waals surface area contributed by atoms with E-state index in [2.05, 4.69) is 24.5 Å². The van der Waals surface area contributed by atoms with Gasteiger partial charge < -0.3 is 11.1 Å². The second-order valence-corrected chi connectivity index (χ2v) is 5.04. The summed E-state index contributed by atoms with van der Waals surface area (Å²) in [5.74, 6) is 0.126. The molecule has 0 spiro atoms. The molecular formula is C12H25N3O2. The molecule has 0 aromatic heterocycles. The van der Waals surface area contributed by atoms with Crippen molar-refractivity contribution in [3.8, 4) is 0 Å². The number of nitrogens with two attached hydrogens (primary N) is 1. The summed E-state index contributed by atoms with van der Waals surface area (Å²) in [5, 5.41) is 5.66. The largest absolute Gasteiger partial charge is 0.368 e. The van der Waals surface area contributed by atoms with Gasteiger partial charge in [0.05, 0.1) is 12.6 Å². The summed E-state index contributed by atoms with van der Waals surface area (Å²) in [6.07, 6.45) is 0.954. The van der Waals surface area contributed by atoms with Crippen LogP contribution in [0.1, 0.15) is 34.1 Å². The predicted molar refractivity (Wildman–Crippen MR) is 68.3 cm³/mol. The van der Waals surface area contributed by atoms with E-state index in [0.717, 1.165) is 6.42 Å². The Balaban J connectivity index is 3.85. The molecule has 0 heterocycles. The molecule has 100 valence electrons. The second kappa shape index (κ2) is 8.06. The summed E-state index contributed by atoms with van der Waals surface area (Å²) in [7, 11) is 0. The number of hydrogen-bond donors (Lipinski definition) is 3. The molecule has 0 radical (unpaired) electrons. The molecule has 1 unspecified atom stereocenters. The number of rotatable bonds is 8. The van der Waals surface area contributed by atoms with Gasteiger partial charge in [-0.15, -0.1) is 0 Å². The van der Waals surface area contributed by atoms with Crippen LogP contribution in [0.5, 0.6) is 0 Å². The van der Waals surface area contributed by atoms with Gasteiger partial charge in [-0.3, -0.25) is 14.9 Å². The predicted octanol–water partition coefficient (Wildman–Crippen LogP) is 0.248. The Labute approximate surface area is 104 Å². The van der Waals surface area contributed by atoms with E-state index in [1.54, 1.807) is 0 Å². The zero-order chi connectivity index (χ0) is 13.4. The number of primary amides is 1. The minimum atomic E-state index is -0.453. The fourth-order valence-corrected chi connectivity index (χ4v) is 1.43. The Kier molecular flexibility index (Phi) is 7.54. The monoisotopic (exact) mass is 243 g/mol. The molecule has 0 rings (SSSR count). The molecule has 0 fully saturated rings. The first kappa shape index (κ1) is 15.9. The average Bonchev–Trinajstić information content (AvgIpc) is 2.15. The van der Waals surface area contributed by atoms with Crippen LogP contribution in [0, 0.1) is 11.8 Å². The van der Waals surface area contributed by atoms with Crippen molar-refractivity contribution < 1.29 is 9.59 Å². The Bertz CT molecular complexity index is 252. The lowest BCUT2D eigenvalue weighted by Gasteiger charge is -2.18. The van der Waals surface area contributed by atoms with Gasteiger partial charge in [-0.25, -0.2) is 0 Å². The minimum absolute atomic E-state index is 0.0796. The average molecular weight is 243 g/mol. The summed E-state index contributed by atoms with van der Waals surface area (Å²) in [6, 6.07) is -0.453. The molecule has 0 saturated carbocycles. The maximum atomic E-state index is 11.4. The highest BCUT2D eigenvalue weighted by atomic mass is 16.2. The first-order chi connectivity index (χ1) is 7.84. The van der Waals surface area contributed by atoms with Gasteiger partial charge in [0.15, 0.2) is 0 Å². The van der Waals surface area contributed by atoms with Crippen LogP contribution in [-0.4, -0.2) is 30.9 Å². The fraction of sp³-hybridized carbons (Fsp3) is 0.833. The summed E-state index contributed by atoms with van der Waals surface area (Å²) in [4.78, 5) is 22.5. The third-order valence-electron chi connectivity index (χ3n) is 2.50. The molecule has 0 aliphatic heterocycles. The number of hydrogen-bond acceptors (Lipinski definition) is 3. The van der Waals surface area contributed by atoms with Crippen molar-refractivity contribution in [2.75, 3.05) is 13.1 Å². The Morgan fingerprint density at radius 1 is 1.18 bits per heavy atom. The van der Waals surface area contributed by atoms with Crippen molar-refractivity contribution in [2.45, 2.75) is 40.2 Å². The van der Waals surface area contributed by atoms with E-state index in [0.29, 0.717) is 12.5 Å². The van der Waals surface area contributed by atoms with Crippen molar-refractivity contribution in [3.63, 3.8) is 0 Å². The van der Waals surface area contributed by atoms with Crippen LogP contribution in [-0.2, 0) is 9.59 Å². The van der Waals surface area contributed by atoms with Gasteiger partial charge >= 0.3 is 0 Å². The van der Waals surface area contributed by atoms with Crippen LogP contribution in [0.25, 0.3) is 0 Å². The topological polar surface area (TPSA) is 84.2 Å². The van der Waals surface area contributed by atoms with Crippen molar-refractivity contribution in [1.29, 1.82) is 0 Å². The molecule has 5 nitrogen and oxygen atoms in total. The minimum Gasteiger partial charge on any atom is -0.368 e. The quantitative estimate of drug-likeness (QED) is 0.571. The van der Waals surface area contributed by atoms with Gasteiger partial charge in [-0.1, -0.05) is 27.7 Å². The molecule has 2 amide bonds. The highest BCUT2D eigenvalue weighted by molar-refractivity contribution is 5.82. The van der Waals surface area contributed by atoms with Crippen LogP contribution >= 0.6 is 0 Å². The SMILES string of the molecule is CC(C)CCNC(=O)CNC(C(N)=O)C(C)C. The van der Waals surface area contributed by atoms with Gasteiger partial charge in [0, 0.05) is 6.54 Å². The third-order valence-corrected chi connectivity index (χ3v) is 2.50. The summed E-state index contributed by atoms with van der Waals surface area (Å²) in [6.45, 7) is 8.78. The van der Waals surface area contributed by atoms with Crippen molar-refractivity contribution in [2.24, 2.45) is 17.6 Å². The van der Waals surface area contributed by atoms with Crippen LogP contribution in [0.3, 0.4) is 0 Å². The van der Waals surface area contributed by atoms with Crippen LogP contribution in [0.2, 0.25) is 0 Å².